The minimum atomic E-state index is -1.21. The molecule has 0 aliphatic carbocycles. The van der Waals surface area contributed by atoms with Gasteiger partial charge in [0.25, 0.3) is 0 Å². The molecule has 5 heteroatoms. The second-order valence-electron chi connectivity index (χ2n) is 5.85. The predicted molar refractivity (Wildman–Crippen MR) is 71.6 cm³/mol. The van der Waals surface area contributed by atoms with E-state index in [2.05, 4.69) is 0 Å². The van der Waals surface area contributed by atoms with Crippen molar-refractivity contribution in [2.24, 2.45) is 5.92 Å². The van der Waals surface area contributed by atoms with Gasteiger partial charge in [0.15, 0.2) is 0 Å². The molecule has 0 radical (unpaired) electrons. The summed E-state index contributed by atoms with van der Waals surface area (Å²) in [6, 6.07) is -0.196. The average Bonchev–Trinajstić information content (AvgIpc) is 2.22. The van der Waals surface area contributed by atoms with E-state index in [4.69, 9.17) is 5.11 Å². The highest BCUT2D eigenvalue weighted by Crippen LogP contribution is 2.17. The zero-order valence-corrected chi connectivity index (χ0v) is 12.5. The lowest BCUT2D eigenvalue weighted by atomic mass is 10.0. The lowest BCUT2D eigenvalue weighted by molar-refractivity contribution is -0.147. The molecule has 0 fully saturated rings. The van der Waals surface area contributed by atoms with Gasteiger partial charge in [-0.05, 0) is 33.6 Å². The van der Waals surface area contributed by atoms with Crippen LogP contribution in [0.3, 0.4) is 0 Å². The summed E-state index contributed by atoms with van der Waals surface area (Å²) in [5.41, 5.74) is -1.21. The maximum Gasteiger partial charge on any atom is 0.329 e. The fraction of sp³-hybridized carbons (Fsp3) is 0.846. The minimum absolute atomic E-state index is 0.0481. The van der Waals surface area contributed by atoms with Gasteiger partial charge in [0, 0.05) is 19.6 Å². The van der Waals surface area contributed by atoms with E-state index in [1.807, 2.05) is 27.7 Å². The topological polar surface area (TPSA) is 60.9 Å². The number of carbonyl (C=O) groups is 2. The van der Waals surface area contributed by atoms with Crippen molar-refractivity contribution in [1.82, 2.24) is 9.80 Å². The first-order valence-electron chi connectivity index (χ1n) is 6.29. The molecule has 0 heterocycles. The van der Waals surface area contributed by atoms with Crippen molar-refractivity contribution >= 4 is 12.0 Å². The van der Waals surface area contributed by atoms with Gasteiger partial charge in [-0.1, -0.05) is 13.8 Å². The molecule has 1 N–H and O–H groups in total. The third kappa shape index (κ3) is 3.89. The summed E-state index contributed by atoms with van der Waals surface area (Å²) in [6.07, 6.45) is 0. The Morgan fingerprint density at radius 2 is 1.61 bits per heavy atom. The van der Waals surface area contributed by atoms with Crippen molar-refractivity contribution in [3.8, 4) is 0 Å². The van der Waals surface area contributed by atoms with Gasteiger partial charge in [0.05, 0.1) is 0 Å². The van der Waals surface area contributed by atoms with Gasteiger partial charge in [0.1, 0.15) is 5.54 Å². The van der Waals surface area contributed by atoms with Crippen molar-refractivity contribution < 1.29 is 14.7 Å². The van der Waals surface area contributed by atoms with Gasteiger partial charge in [0.2, 0.25) is 0 Å². The van der Waals surface area contributed by atoms with Crippen LogP contribution in [0.4, 0.5) is 4.79 Å². The number of carboxylic acids is 1. The summed E-state index contributed by atoms with van der Waals surface area (Å²) >= 11 is 0. The number of carbonyl (C=O) groups excluding carboxylic acids is 1. The van der Waals surface area contributed by atoms with Crippen LogP contribution in [-0.2, 0) is 4.79 Å². The Hall–Kier alpha value is -1.26. The second kappa shape index (κ2) is 6.07. The molecular formula is C13H26N2O3. The standard InChI is InChI=1S/C13H26N2O3/c1-9(2)8-15(10(3)4)12(18)14(7)13(5,6)11(16)17/h9-10H,8H2,1-7H3,(H,16,17). The van der Waals surface area contributed by atoms with Gasteiger partial charge in [-0.2, -0.15) is 0 Å². The Morgan fingerprint density at radius 1 is 1.17 bits per heavy atom. The first-order chi connectivity index (χ1) is 8.01. The fourth-order valence-corrected chi connectivity index (χ4v) is 1.48. The van der Waals surface area contributed by atoms with Crippen molar-refractivity contribution in [3.05, 3.63) is 0 Å². The third-order valence-corrected chi connectivity index (χ3v) is 3.08. The van der Waals surface area contributed by atoms with Crippen LogP contribution in [0.15, 0.2) is 0 Å². The average molecular weight is 258 g/mol. The van der Waals surface area contributed by atoms with Crippen LogP contribution in [0.5, 0.6) is 0 Å². The zero-order valence-electron chi connectivity index (χ0n) is 12.5. The smallest absolute Gasteiger partial charge is 0.329 e. The number of rotatable bonds is 5. The summed E-state index contributed by atoms with van der Waals surface area (Å²) in [5.74, 6) is -0.663. The van der Waals surface area contributed by atoms with Gasteiger partial charge in [-0.15, -0.1) is 0 Å². The number of carboxylic acid groups (broad SMARTS) is 1. The number of hydrogen-bond donors (Lipinski definition) is 1. The van der Waals surface area contributed by atoms with Gasteiger partial charge < -0.3 is 14.9 Å². The second-order valence-corrected chi connectivity index (χ2v) is 5.85. The minimum Gasteiger partial charge on any atom is -0.480 e. The highest BCUT2D eigenvalue weighted by atomic mass is 16.4. The quantitative estimate of drug-likeness (QED) is 0.823. The Morgan fingerprint density at radius 3 is 1.89 bits per heavy atom. The van der Waals surface area contributed by atoms with Crippen molar-refractivity contribution in [3.63, 3.8) is 0 Å². The van der Waals surface area contributed by atoms with Crippen LogP contribution >= 0.6 is 0 Å². The maximum atomic E-state index is 12.4. The molecule has 0 aliphatic rings. The van der Waals surface area contributed by atoms with Gasteiger partial charge >= 0.3 is 12.0 Å². The molecule has 0 atom stereocenters. The highest BCUT2D eigenvalue weighted by molar-refractivity contribution is 5.85. The lowest BCUT2D eigenvalue weighted by Gasteiger charge is -2.38. The monoisotopic (exact) mass is 258 g/mol. The van der Waals surface area contributed by atoms with Crippen LogP contribution in [0, 0.1) is 5.92 Å². The van der Waals surface area contributed by atoms with Crippen LogP contribution < -0.4 is 0 Å². The van der Waals surface area contributed by atoms with Gasteiger partial charge in [-0.3, -0.25) is 0 Å². The molecule has 0 aliphatic heterocycles. The van der Waals surface area contributed by atoms with E-state index in [1.54, 1.807) is 4.90 Å². The van der Waals surface area contributed by atoms with Crippen molar-refractivity contribution in [1.29, 1.82) is 0 Å². The van der Waals surface area contributed by atoms with Crippen molar-refractivity contribution in [2.45, 2.75) is 53.1 Å². The number of nitrogens with zero attached hydrogens (tertiary/aromatic N) is 2. The Labute approximate surface area is 110 Å². The normalized spacial score (nSPS) is 11.8. The van der Waals surface area contributed by atoms with Crippen molar-refractivity contribution in [2.75, 3.05) is 13.6 Å². The first-order valence-corrected chi connectivity index (χ1v) is 6.29. The van der Waals surface area contributed by atoms with E-state index in [0.717, 1.165) is 0 Å². The summed E-state index contributed by atoms with van der Waals surface area (Å²) in [6.45, 7) is 11.6. The number of aliphatic carboxylic acids is 1. The molecule has 0 saturated heterocycles. The van der Waals surface area contributed by atoms with Crippen LogP contribution in [-0.4, -0.2) is 52.1 Å². The number of likely N-dealkylation sites (N-methyl/N-ethyl adjacent to an activating group) is 1. The predicted octanol–water partition coefficient (Wildman–Crippen LogP) is 2.27. The molecule has 0 aromatic heterocycles. The molecule has 0 unspecified atom stereocenters. The van der Waals surface area contributed by atoms with Crippen LogP contribution in [0.25, 0.3) is 0 Å². The summed E-state index contributed by atoms with van der Waals surface area (Å²) in [5, 5.41) is 9.15. The molecule has 0 aromatic rings. The molecule has 0 rings (SSSR count). The number of urea groups is 1. The Kier molecular flexibility index (Phi) is 5.64. The Balaban J connectivity index is 5.04. The summed E-state index contributed by atoms with van der Waals surface area (Å²) in [4.78, 5) is 26.5. The van der Waals surface area contributed by atoms with E-state index in [1.165, 1.54) is 25.8 Å². The SMILES string of the molecule is CC(C)CN(C(=O)N(C)C(C)(C)C(=O)O)C(C)C. The lowest BCUT2D eigenvalue weighted by Crippen LogP contribution is -2.56. The summed E-state index contributed by atoms with van der Waals surface area (Å²) < 4.78 is 0. The van der Waals surface area contributed by atoms with E-state index in [0.29, 0.717) is 12.5 Å². The highest BCUT2D eigenvalue weighted by Gasteiger charge is 2.37. The molecule has 0 spiro atoms. The van der Waals surface area contributed by atoms with Crippen LogP contribution in [0.1, 0.15) is 41.5 Å². The molecule has 18 heavy (non-hydrogen) atoms. The number of hydrogen-bond acceptors (Lipinski definition) is 2. The zero-order chi connectivity index (χ0) is 14.7. The third-order valence-electron chi connectivity index (χ3n) is 3.08. The fourth-order valence-electron chi connectivity index (χ4n) is 1.48. The van der Waals surface area contributed by atoms with Gasteiger partial charge in [-0.25, -0.2) is 9.59 Å². The molecule has 0 bridgehead atoms. The molecule has 2 amide bonds. The first kappa shape index (κ1) is 16.7. The van der Waals surface area contributed by atoms with E-state index in [9.17, 15) is 9.59 Å². The maximum absolute atomic E-state index is 12.4. The molecular weight excluding hydrogens is 232 g/mol. The molecule has 5 nitrogen and oxygen atoms in total. The number of amides is 2. The molecule has 0 saturated carbocycles. The molecule has 106 valence electrons. The van der Waals surface area contributed by atoms with Crippen LogP contribution in [0.2, 0.25) is 0 Å². The van der Waals surface area contributed by atoms with E-state index >= 15 is 0 Å². The Bertz CT molecular complexity index is 311. The largest absolute Gasteiger partial charge is 0.480 e. The summed E-state index contributed by atoms with van der Waals surface area (Å²) in [7, 11) is 1.53. The van der Waals surface area contributed by atoms with E-state index in [-0.39, 0.29) is 12.1 Å². The van der Waals surface area contributed by atoms with E-state index < -0.39 is 11.5 Å². The molecule has 0 aromatic carbocycles.